The molecular weight excluding hydrogens is 238 g/mol. The Kier molecular flexibility index (Phi) is 5.37. The lowest BCUT2D eigenvalue weighted by molar-refractivity contribution is 0.125. The lowest BCUT2D eigenvalue weighted by Crippen LogP contribution is -2.55. The van der Waals surface area contributed by atoms with Gasteiger partial charge in [-0.15, -0.1) is 0 Å². The molecule has 0 aromatic rings. The van der Waals surface area contributed by atoms with Gasteiger partial charge in [0, 0.05) is 38.3 Å². The monoisotopic (exact) mass is 263 g/mol. The molecule has 2 unspecified atom stereocenters. The molecular formula is C11H25N3O2S. The smallest absolute Gasteiger partial charge is 0.211 e. The molecule has 1 aliphatic heterocycles. The van der Waals surface area contributed by atoms with Gasteiger partial charge in [-0.1, -0.05) is 6.92 Å². The molecule has 5 nitrogen and oxygen atoms in total. The maximum Gasteiger partial charge on any atom is 0.211 e. The topological polar surface area (TPSA) is 52.6 Å². The van der Waals surface area contributed by atoms with Crippen LogP contribution in [-0.2, 0) is 10.0 Å². The fraction of sp³-hybridized carbons (Fsp3) is 1.00. The Morgan fingerprint density at radius 1 is 1.18 bits per heavy atom. The number of hydrogen-bond acceptors (Lipinski definition) is 4. The van der Waals surface area contributed by atoms with Gasteiger partial charge >= 0.3 is 0 Å². The molecule has 1 fully saturated rings. The van der Waals surface area contributed by atoms with E-state index in [1.54, 1.807) is 4.31 Å². The van der Waals surface area contributed by atoms with Gasteiger partial charge in [-0.2, -0.15) is 4.31 Å². The average Bonchev–Trinajstić information content (AvgIpc) is 2.27. The minimum atomic E-state index is -3.01. The Morgan fingerprint density at radius 2 is 1.71 bits per heavy atom. The number of piperazine rings is 1. The van der Waals surface area contributed by atoms with E-state index in [1.807, 2.05) is 0 Å². The second kappa shape index (κ2) is 6.13. The zero-order chi connectivity index (χ0) is 13.1. The molecule has 0 bridgehead atoms. The highest BCUT2D eigenvalue weighted by Gasteiger charge is 2.27. The highest BCUT2D eigenvalue weighted by Crippen LogP contribution is 2.11. The van der Waals surface area contributed by atoms with E-state index in [-0.39, 0.29) is 0 Å². The summed E-state index contributed by atoms with van der Waals surface area (Å²) in [6, 6.07) is 0.876. The predicted octanol–water partition coefficient (Wildman–Crippen LogP) is -0.0499. The second-order valence-corrected chi connectivity index (χ2v) is 6.77. The quantitative estimate of drug-likeness (QED) is 0.756. The van der Waals surface area contributed by atoms with Crippen LogP contribution in [0.4, 0.5) is 0 Å². The van der Waals surface area contributed by atoms with E-state index in [1.165, 1.54) is 6.26 Å². The molecule has 0 spiro atoms. The number of nitrogens with one attached hydrogen (secondary N) is 1. The summed E-state index contributed by atoms with van der Waals surface area (Å²) >= 11 is 0. The lowest BCUT2D eigenvalue weighted by atomic mass is 10.1. The SMILES string of the molecule is CCNC(C)C(C)N1CCN(S(C)(=O)=O)CC1. The maximum atomic E-state index is 11.4. The second-order valence-electron chi connectivity index (χ2n) is 4.78. The van der Waals surface area contributed by atoms with E-state index in [2.05, 4.69) is 31.0 Å². The van der Waals surface area contributed by atoms with Crippen molar-refractivity contribution >= 4 is 10.0 Å². The first-order chi connectivity index (χ1) is 7.86. The summed E-state index contributed by atoms with van der Waals surface area (Å²) in [7, 11) is -3.01. The number of nitrogens with zero attached hydrogens (tertiary/aromatic N) is 2. The Balaban J connectivity index is 2.46. The van der Waals surface area contributed by atoms with Crippen molar-refractivity contribution in [3.63, 3.8) is 0 Å². The molecule has 0 amide bonds. The third-order valence-corrected chi connectivity index (χ3v) is 4.87. The van der Waals surface area contributed by atoms with Gasteiger partial charge in [0.15, 0.2) is 0 Å². The molecule has 0 aliphatic carbocycles. The van der Waals surface area contributed by atoms with Gasteiger partial charge < -0.3 is 5.32 Å². The van der Waals surface area contributed by atoms with E-state index in [4.69, 9.17) is 0 Å². The van der Waals surface area contributed by atoms with Gasteiger partial charge in [0.1, 0.15) is 0 Å². The first kappa shape index (κ1) is 14.9. The summed E-state index contributed by atoms with van der Waals surface area (Å²) in [6.45, 7) is 10.3. The average molecular weight is 263 g/mol. The lowest BCUT2D eigenvalue weighted by Gasteiger charge is -2.39. The Bertz CT molecular complexity index is 324. The van der Waals surface area contributed by atoms with Crippen LogP contribution in [0.25, 0.3) is 0 Å². The largest absolute Gasteiger partial charge is 0.313 e. The van der Waals surface area contributed by atoms with E-state index >= 15 is 0 Å². The number of likely N-dealkylation sites (N-methyl/N-ethyl adjacent to an activating group) is 1. The van der Waals surface area contributed by atoms with Gasteiger partial charge in [-0.25, -0.2) is 8.42 Å². The minimum Gasteiger partial charge on any atom is -0.313 e. The molecule has 0 saturated carbocycles. The maximum absolute atomic E-state index is 11.4. The summed E-state index contributed by atoms with van der Waals surface area (Å²) in [4.78, 5) is 2.36. The fourth-order valence-electron chi connectivity index (χ4n) is 2.25. The van der Waals surface area contributed by atoms with Crippen LogP contribution in [-0.4, -0.2) is 68.7 Å². The first-order valence-corrected chi connectivity index (χ1v) is 8.13. The van der Waals surface area contributed by atoms with Crippen LogP contribution in [0.15, 0.2) is 0 Å². The highest BCUT2D eigenvalue weighted by molar-refractivity contribution is 7.88. The van der Waals surface area contributed by atoms with Gasteiger partial charge in [-0.3, -0.25) is 4.90 Å². The molecule has 6 heteroatoms. The summed E-state index contributed by atoms with van der Waals surface area (Å²) < 4.78 is 24.4. The Morgan fingerprint density at radius 3 is 2.12 bits per heavy atom. The molecule has 1 saturated heterocycles. The summed E-state index contributed by atoms with van der Waals surface area (Å²) in [5.74, 6) is 0. The van der Waals surface area contributed by atoms with Crippen LogP contribution in [0, 0.1) is 0 Å². The zero-order valence-electron chi connectivity index (χ0n) is 11.3. The van der Waals surface area contributed by atoms with E-state index in [0.29, 0.717) is 25.2 Å². The summed E-state index contributed by atoms with van der Waals surface area (Å²) in [5, 5.41) is 3.41. The van der Waals surface area contributed by atoms with Gasteiger partial charge in [0.2, 0.25) is 10.0 Å². The zero-order valence-corrected chi connectivity index (χ0v) is 12.1. The molecule has 0 aromatic carbocycles. The highest BCUT2D eigenvalue weighted by atomic mass is 32.2. The normalized spacial score (nSPS) is 23.5. The van der Waals surface area contributed by atoms with Crippen LogP contribution >= 0.6 is 0 Å². The van der Waals surface area contributed by atoms with Gasteiger partial charge in [-0.05, 0) is 20.4 Å². The van der Waals surface area contributed by atoms with Crippen molar-refractivity contribution in [2.24, 2.45) is 0 Å². The van der Waals surface area contributed by atoms with Crippen LogP contribution in [0.1, 0.15) is 20.8 Å². The number of rotatable bonds is 5. The number of hydrogen-bond donors (Lipinski definition) is 1. The Labute approximate surface area is 105 Å². The fourth-order valence-corrected chi connectivity index (χ4v) is 3.08. The molecule has 1 rings (SSSR count). The third-order valence-electron chi connectivity index (χ3n) is 3.57. The molecule has 1 aliphatic rings. The van der Waals surface area contributed by atoms with Gasteiger partial charge in [0.05, 0.1) is 6.26 Å². The van der Waals surface area contributed by atoms with Crippen molar-refractivity contribution in [1.82, 2.24) is 14.5 Å². The molecule has 102 valence electrons. The first-order valence-electron chi connectivity index (χ1n) is 6.28. The Hall–Kier alpha value is -0.170. The van der Waals surface area contributed by atoms with Crippen LogP contribution in [0.2, 0.25) is 0 Å². The summed E-state index contributed by atoms with van der Waals surface area (Å²) in [5.41, 5.74) is 0. The molecule has 0 aromatic heterocycles. The molecule has 2 atom stereocenters. The van der Waals surface area contributed by atoms with Crippen molar-refractivity contribution in [3.05, 3.63) is 0 Å². The van der Waals surface area contributed by atoms with Crippen LogP contribution in [0.5, 0.6) is 0 Å². The van der Waals surface area contributed by atoms with E-state index < -0.39 is 10.0 Å². The van der Waals surface area contributed by atoms with Crippen molar-refractivity contribution < 1.29 is 8.42 Å². The minimum absolute atomic E-state index is 0.435. The van der Waals surface area contributed by atoms with Crippen molar-refractivity contribution in [2.75, 3.05) is 39.0 Å². The predicted molar refractivity (Wildman–Crippen MR) is 70.6 cm³/mol. The van der Waals surface area contributed by atoms with Crippen LogP contribution < -0.4 is 5.32 Å². The number of sulfonamides is 1. The van der Waals surface area contributed by atoms with Crippen molar-refractivity contribution in [1.29, 1.82) is 0 Å². The van der Waals surface area contributed by atoms with Crippen molar-refractivity contribution in [3.8, 4) is 0 Å². The standard InChI is InChI=1S/C11H25N3O2S/c1-5-12-10(2)11(3)13-6-8-14(9-7-13)17(4,15)16/h10-12H,5-9H2,1-4H3. The van der Waals surface area contributed by atoms with Gasteiger partial charge in [0.25, 0.3) is 0 Å². The summed E-state index contributed by atoms with van der Waals surface area (Å²) in [6.07, 6.45) is 1.29. The van der Waals surface area contributed by atoms with Crippen LogP contribution in [0.3, 0.4) is 0 Å². The van der Waals surface area contributed by atoms with Crippen molar-refractivity contribution in [2.45, 2.75) is 32.9 Å². The molecule has 1 heterocycles. The molecule has 17 heavy (non-hydrogen) atoms. The third kappa shape index (κ3) is 4.21. The van der Waals surface area contributed by atoms with E-state index in [0.717, 1.165) is 19.6 Å². The molecule has 0 radical (unpaired) electrons. The molecule has 1 N–H and O–H groups in total. The van der Waals surface area contributed by atoms with E-state index in [9.17, 15) is 8.42 Å².